The number of aliphatic hydroxyl groups is 1. The third-order valence-electron chi connectivity index (χ3n) is 3.70. The van der Waals surface area contributed by atoms with Crippen molar-refractivity contribution in [1.82, 2.24) is 15.5 Å². The highest BCUT2D eigenvalue weighted by Crippen LogP contribution is 2.31. The van der Waals surface area contributed by atoms with Crippen LogP contribution in [0.15, 0.2) is 70.6 Å². The van der Waals surface area contributed by atoms with Gasteiger partial charge in [-0.3, -0.25) is 5.32 Å². The summed E-state index contributed by atoms with van der Waals surface area (Å²) in [6, 6.07) is 19.1. The van der Waals surface area contributed by atoms with Crippen LogP contribution in [0.4, 0.5) is 0 Å². The number of hydrogen-bond donors (Lipinski definition) is 2. The highest BCUT2D eigenvalue weighted by atomic mass is 35.5. The average molecular weight is 406 g/mol. The van der Waals surface area contributed by atoms with Gasteiger partial charge in [0.15, 0.2) is 5.15 Å². The van der Waals surface area contributed by atoms with E-state index in [1.54, 1.807) is 6.07 Å². The molecule has 0 radical (unpaired) electrons. The van der Waals surface area contributed by atoms with Gasteiger partial charge >= 0.3 is 0 Å². The minimum absolute atomic E-state index is 0.240. The van der Waals surface area contributed by atoms with Gasteiger partial charge in [0.1, 0.15) is 11.3 Å². The van der Waals surface area contributed by atoms with Crippen molar-refractivity contribution in [2.45, 2.75) is 22.6 Å². The largest absolute Gasteiger partial charge is 0.374 e. The van der Waals surface area contributed by atoms with Crippen molar-refractivity contribution in [3.8, 4) is 0 Å². The summed E-state index contributed by atoms with van der Waals surface area (Å²) in [7, 11) is 0. The number of aromatic nitrogens is 2. The van der Waals surface area contributed by atoms with E-state index in [1.807, 2.05) is 54.6 Å². The second-order valence-corrected chi connectivity index (χ2v) is 7.40. The van der Waals surface area contributed by atoms with E-state index < -0.39 is 6.23 Å². The second kappa shape index (κ2) is 9.35. The summed E-state index contributed by atoms with van der Waals surface area (Å²) in [5.41, 5.74) is 1.62. The first-order chi connectivity index (χ1) is 12.6. The lowest BCUT2D eigenvalue weighted by Gasteiger charge is -2.16. The molecular weight excluding hydrogens is 389 g/mol. The van der Waals surface area contributed by atoms with Crippen molar-refractivity contribution in [3.63, 3.8) is 0 Å². The Labute approximate surface area is 166 Å². The van der Waals surface area contributed by atoms with Gasteiger partial charge in [0.05, 0.1) is 0 Å². The molecule has 7 heteroatoms. The molecule has 0 saturated heterocycles. The average Bonchev–Trinajstić information content (AvgIpc) is 2.65. The van der Waals surface area contributed by atoms with Crippen LogP contribution < -0.4 is 5.32 Å². The van der Waals surface area contributed by atoms with Crippen molar-refractivity contribution >= 4 is 35.0 Å². The first-order valence-electron chi connectivity index (χ1n) is 8.04. The SMILES string of the molecule is OC(NCCc1ccccc1Cl)c1cc(Cl)nnc1Sc1ccccc1. The summed E-state index contributed by atoms with van der Waals surface area (Å²) in [5, 5.41) is 23.3. The molecule has 0 aliphatic rings. The number of halogens is 2. The molecule has 134 valence electrons. The van der Waals surface area contributed by atoms with Crippen LogP contribution >= 0.6 is 35.0 Å². The molecule has 1 atom stereocenters. The zero-order valence-electron chi connectivity index (χ0n) is 13.8. The maximum absolute atomic E-state index is 10.6. The highest BCUT2D eigenvalue weighted by molar-refractivity contribution is 7.99. The Kier molecular flexibility index (Phi) is 6.88. The van der Waals surface area contributed by atoms with E-state index in [-0.39, 0.29) is 5.15 Å². The van der Waals surface area contributed by atoms with Gasteiger partial charge in [-0.25, -0.2) is 0 Å². The van der Waals surface area contributed by atoms with Gasteiger partial charge in [0.25, 0.3) is 0 Å². The quantitative estimate of drug-likeness (QED) is 0.555. The molecule has 3 rings (SSSR count). The van der Waals surface area contributed by atoms with E-state index in [1.165, 1.54) is 11.8 Å². The molecule has 0 bridgehead atoms. The van der Waals surface area contributed by atoms with Crippen LogP contribution in [0.5, 0.6) is 0 Å². The van der Waals surface area contributed by atoms with Gasteiger partial charge in [-0.2, -0.15) is 0 Å². The van der Waals surface area contributed by atoms with Crippen molar-refractivity contribution in [2.24, 2.45) is 0 Å². The van der Waals surface area contributed by atoms with E-state index in [0.29, 0.717) is 23.6 Å². The van der Waals surface area contributed by atoms with Gasteiger partial charge in [0, 0.05) is 22.0 Å². The number of aliphatic hydroxyl groups excluding tert-OH is 1. The van der Waals surface area contributed by atoms with Gasteiger partial charge in [-0.05, 0) is 36.2 Å². The molecule has 0 fully saturated rings. The summed E-state index contributed by atoms with van der Waals surface area (Å²) in [4.78, 5) is 1.01. The lowest BCUT2D eigenvalue weighted by Crippen LogP contribution is -2.24. The van der Waals surface area contributed by atoms with Crippen molar-refractivity contribution in [2.75, 3.05) is 6.54 Å². The van der Waals surface area contributed by atoms with Crippen molar-refractivity contribution < 1.29 is 5.11 Å². The Morgan fingerprint density at radius 1 is 1.00 bits per heavy atom. The molecule has 4 nitrogen and oxygen atoms in total. The lowest BCUT2D eigenvalue weighted by molar-refractivity contribution is 0.136. The zero-order chi connectivity index (χ0) is 18.4. The van der Waals surface area contributed by atoms with Crippen molar-refractivity contribution in [1.29, 1.82) is 0 Å². The van der Waals surface area contributed by atoms with E-state index in [4.69, 9.17) is 23.2 Å². The van der Waals surface area contributed by atoms with Crippen LogP contribution in [0.1, 0.15) is 17.4 Å². The fourth-order valence-electron chi connectivity index (χ4n) is 2.40. The molecule has 2 N–H and O–H groups in total. The standard InChI is InChI=1S/C19H17Cl2N3OS/c20-16-9-5-4-6-13(16)10-11-22-18(25)15-12-17(21)23-24-19(15)26-14-7-2-1-3-8-14/h1-9,12,18,22,25H,10-11H2. The first kappa shape index (κ1) is 19.1. The summed E-state index contributed by atoms with van der Waals surface area (Å²) in [6.07, 6.45) is -0.207. The lowest BCUT2D eigenvalue weighted by atomic mass is 10.1. The van der Waals surface area contributed by atoms with E-state index in [9.17, 15) is 5.11 Å². The Bertz CT molecular complexity index is 864. The third-order valence-corrected chi connectivity index (χ3v) is 5.27. The Hall–Kier alpha value is -1.63. The third kappa shape index (κ3) is 5.19. The van der Waals surface area contributed by atoms with Crippen LogP contribution in [-0.4, -0.2) is 21.8 Å². The molecule has 0 spiro atoms. The summed E-state index contributed by atoms with van der Waals surface area (Å²) >= 11 is 13.6. The van der Waals surface area contributed by atoms with Crippen LogP contribution in [-0.2, 0) is 6.42 Å². The molecule has 0 saturated carbocycles. The minimum atomic E-state index is -0.906. The molecule has 2 aromatic carbocycles. The van der Waals surface area contributed by atoms with Crippen LogP contribution in [0.2, 0.25) is 10.2 Å². The number of hydrogen-bond acceptors (Lipinski definition) is 5. The maximum Gasteiger partial charge on any atom is 0.152 e. The van der Waals surface area contributed by atoms with Gasteiger partial charge in [-0.1, -0.05) is 71.4 Å². The first-order valence-corrected chi connectivity index (χ1v) is 9.61. The highest BCUT2D eigenvalue weighted by Gasteiger charge is 2.16. The van der Waals surface area contributed by atoms with E-state index in [2.05, 4.69) is 15.5 Å². The van der Waals surface area contributed by atoms with Crippen LogP contribution in [0.3, 0.4) is 0 Å². The Morgan fingerprint density at radius 2 is 1.73 bits per heavy atom. The van der Waals surface area contributed by atoms with Gasteiger partial charge in [0.2, 0.25) is 0 Å². The van der Waals surface area contributed by atoms with Crippen LogP contribution in [0.25, 0.3) is 0 Å². The van der Waals surface area contributed by atoms with Gasteiger partial charge < -0.3 is 5.11 Å². The zero-order valence-corrected chi connectivity index (χ0v) is 16.1. The summed E-state index contributed by atoms with van der Waals surface area (Å²) < 4.78 is 0. The molecule has 0 amide bonds. The fraction of sp³-hybridized carbons (Fsp3) is 0.158. The van der Waals surface area contributed by atoms with E-state index >= 15 is 0 Å². The molecule has 1 unspecified atom stereocenters. The molecular formula is C19H17Cl2N3OS. The summed E-state index contributed by atoms with van der Waals surface area (Å²) in [5.74, 6) is 0. The topological polar surface area (TPSA) is 58.0 Å². The maximum atomic E-state index is 10.6. The predicted octanol–water partition coefficient (Wildman–Crippen LogP) is 4.76. The number of rotatable bonds is 7. The normalized spacial score (nSPS) is 12.1. The molecule has 1 aromatic heterocycles. The molecule has 1 heterocycles. The fourth-order valence-corrected chi connectivity index (χ4v) is 3.67. The molecule has 3 aromatic rings. The number of benzene rings is 2. The number of nitrogens with zero attached hydrogens (tertiary/aromatic N) is 2. The summed E-state index contributed by atoms with van der Waals surface area (Å²) in [6.45, 7) is 0.556. The minimum Gasteiger partial charge on any atom is -0.374 e. The van der Waals surface area contributed by atoms with E-state index in [0.717, 1.165) is 15.5 Å². The monoisotopic (exact) mass is 405 g/mol. The van der Waals surface area contributed by atoms with Crippen LogP contribution in [0, 0.1) is 0 Å². The van der Waals surface area contributed by atoms with Crippen molar-refractivity contribution in [3.05, 3.63) is 82.0 Å². The number of nitrogens with one attached hydrogen (secondary N) is 1. The molecule has 26 heavy (non-hydrogen) atoms. The van der Waals surface area contributed by atoms with Gasteiger partial charge in [-0.15, -0.1) is 10.2 Å². The molecule has 0 aliphatic carbocycles. The Balaban J connectivity index is 1.69. The second-order valence-electron chi connectivity index (χ2n) is 5.54. The Morgan fingerprint density at radius 3 is 2.50 bits per heavy atom. The predicted molar refractivity (Wildman–Crippen MR) is 106 cm³/mol. The molecule has 0 aliphatic heterocycles. The smallest absolute Gasteiger partial charge is 0.152 e.